The van der Waals surface area contributed by atoms with E-state index in [1.54, 1.807) is 37.3 Å². The van der Waals surface area contributed by atoms with E-state index in [1.165, 1.54) is 16.5 Å². The molecule has 0 spiro atoms. The maximum atomic E-state index is 12.4. The van der Waals surface area contributed by atoms with Crippen LogP contribution in [0.15, 0.2) is 52.0 Å². The number of aromatic nitrogens is 4. The molecule has 11 heteroatoms. The molecule has 178 valence electrons. The van der Waals surface area contributed by atoms with Crippen LogP contribution in [0.3, 0.4) is 0 Å². The number of thiazole rings is 1. The summed E-state index contributed by atoms with van der Waals surface area (Å²) in [5, 5.41) is 12.3. The molecule has 0 aliphatic rings. The Balaban J connectivity index is 1.30. The number of thioether (sulfide) groups is 2. The molecule has 2 heterocycles. The van der Waals surface area contributed by atoms with Crippen LogP contribution >= 0.6 is 34.9 Å². The van der Waals surface area contributed by atoms with Crippen molar-refractivity contribution in [3.05, 3.63) is 53.9 Å². The van der Waals surface area contributed by atoms with Crippen LogP contribution in [0.5, 0.6) is 11.5 Å². The minimum Gasteiger partial charge on any atom is -0.493 e. The van der Waals surface area contributed by atoms with Gasteiger partial charge in [-0.1, -0.05) is 41.7 Å². The smallest absolute Gasteiger partial charge is 0.230 e. The molecule has 2 aromatic carbocycles. The number of amides is 1. The normalized spacial score (nSPS) is 11.0. The van der Waals surface area contributed by atoms with Crippen LogP contribution < -0.4 is 14.8 Å². The Morgan fingerprint density at radius 2 is 1.91 bits per heavy atom. The van der Waals surface area contributed by atoms with Gasteiger partial charge in [-0.3, -0.25) is 4.79 Å². The first-order chi connectivity index (χ1) is 16.6. The van der Waals surface area contributed by atoms with Gasteiger partial charge in [0.1, 0.15) is 5.82 Å². The zero-order valence-corrected chi connectivity index (χ0v) is 21.6. The Morgan fingerprint density at radius 1 is 1.09 bits per heavy atom. The van der Waals surface area contributed by atoms with Crippen LogP contribution in [-0.2, 0) is 23.6 Å². The third-order valence-corrected chi connectivity index (χ3v) is 8.12. The van der Waals surface area contributed by atoms with Crippen molar-refractivity contribution in [3.63, 3.8) is 0 Å². The average Bonchev–Trinajstić information content (AvgIpc) is 3.47. The summed E-state index contributed by atoms with van der Waals surface area (Å²) in [6.07, 6.45) is 0. The fourth-order valence-corrected chi connectivity index (χ4v) is 6.12. The van der Waals surface area contributed by atoms with Crippen LogP contribution in [0.25, 0.3) is 10.2 Å². The predicted molar refractivity (Wildman–Crippen MR) is 137 cm³/mol. The molecule has 1 N–H and O–H groups in total. The summed E-state index contributed by atoms with van der Waals surface area (Å²) < 4.78 is 14.8. The average molecular weight is 516 g/mol. The summed E-state index contributed by atoms with van der Waals surface area (Å²) in [5.74, 6) is 3.03. The van der Waals surface area contributed by atoms with Gasteiger partial charge in [0.05, 0.1) is 35.9 Å². The second-order valence-corrected chi connectivity index (χ2v) is 10.3. The number of rotatable bonds is 11. The number of carbonyl (C=O) groups excluding carboxylic acids is 1. The van der Waals surface area contributed by atoms with Gasteiger partial charge in [0.15, 0.2) is 21.0 Å². The standard InChI is InChI=1S/C23H25N5O3S3/c1-4-28-20(13-33-23-25-16-7-5-6-8-19(16)34-23)26-27-22(28)32-14-21(29)24-12-15-9-10-17(30-2)18(11-15)31-3/h5-11H,4,12-14H2,1-3H3,(H,24,29). The number of hydrogen-bond acceptors (Lipinski definition) is 9. The first-order valence-electron chi connectivity index (χ1n) is 10.6. The number of methoxy groups -OCH3 is 2. The monoisotopic (exact) mass is 515 g/mol. The van der Waals surface area contributed by atoms with Crippen molar-refractivity contribution in [2.45, 2.75) is 35.3 Å². The van der Waals surface area contributed by atoms with Crippen LogP contribution in [0, 0.1) is 0 Å². The van der Waals surface area contributed by atoms with Gasteiger partial charge >= 0.3 is 0 Å². The van der Waals surface area contributed by atoms with Crippen molar-refractivity contribution < 1.29 is 14.3 Å². The lowest BCUT2D eigenvalue weighted by atomic mass is 10.2. The van der Waals surface area contributed by atoms with Crippen molar-refractivity contribution in [3.8, 4) is 11.5 Å². The Hall–Kier alpha value is -2.76. The fourth-order valence-electron chi connectivity index (χ4n) is 3.26. The molecule has 0 aliphatic heterocycles. The molecule has 1 amide bonds. The predicted octanol–water partition coefficient (Wildman–Crippen LogP) is 4.63. The van der Waals surface area contributed by atoms with E-state index in [2.05, 4.69) is 33.5 Å². The highest BCUT2D eigenvalue weighted by Gasteiger charge is 2.15. The highest BCUT2D eigenvalue weighted by Crippen LogP contribution is 2.32. The van der Waals surface area contributed by atoms with Crippen LogP contribution in [0.4, 0.5) is 0 Å². The van der Waals surface area contributed by atoms with E-state index in [-0.39, 0.29) is 11.7 Å². The summed E-state index contributed by atoms with van der Waals surface area (Å²) in [5.41, 5.74) is 1.95. The van der Waals surface area contributed by atoms with E-state index in [4.69, 9.17) is 9.47 Å². The summed E-state index contributed by atoms with van der Waals surface area (Å²) in [6, 6.07) is 13.7. The lowest BCUT2D eigenvalue weighted by molar-refractivity contribution is -0.118. The number of para-hydroxylation sites is 1. The molecule has 2 aromatic heterocycles. The molecular weight excluding hydrogens is 490 g/mol. The summed E-state index contributed by atoms with van der Waals surface area (Å²) in [6.45, 7) is 3.19. The first-order valence-corrected chi connectivity index (χ1v) is 13.4. The molecule has 0 fully saturated rings. The molecule has 8 nitrogen and oxygen atoms in total. The quantitative estimate of drug-likeness (QED) is 0.289. The van der Waals surface area contributed by atoms with E-state index in [1.807, 2.05) is 41.0 Å². The Morgan fingerprint density at radius 3 is 2.68 bits per heavy atom. The number of fused-ring (bicyclic) bond motifs is 1. The molecule has 0 unspecified atom stereocenters. The van der Waals surface area contributed by atoms with Gasteiger partial charge in [-0.15, -0.1) is 21.5 Å². The third-order valence-electron chi connectivity index (χ3n) is 4.98. The summed E-state index contributed by atoms with van der Waals surface area (Å²) in [4.78, 5) is 17.1. The SMILES string of the molecule is CCn1c(CSc2nc3ccccc3s2)nnc1SCC(=O)NCc1ccc(OC)c(OC)c1. The van der Waals surface area contributed by atoms with E-state index < -0.39 is 0 Å². The van der Waals surface area contributed by atoms with E-state index in [0.717, 1.165) is 32.9 Å². The van der Waals surface area contributed by atoms with E-state index in [0.29, 0.717) is 23.8 Å². The molecular formula is C23H25N5O3S3. The second-order valence-electron chi connectivity index (χ2n) is 7.13. The van der Waals surface area contributed by atoms with Gasteiger partial charge in [0, 0.05) is 13.1 Å². The lowest BCUT2D eigenvalue weighted by Crippen LogP contribution is -2.24. The van der Waals surface area contributed by atoms with E-state index >= 15 is 0 Å². The highest BCUT2D eigenvalue weighted by atomic mass is 32.2. The van der Waals surface area contributed by atoms with E-state index in [9.17, 15) is 4.79 Å². The summed E-state index contributed by atoms with van der Waals surface area (Å²) in [7, 11) is 3.18. The van der Waals surface area contributed by atoms with Gasteiger partial charge < -0.3 is 19.4 Å². The minimum atomic E-state index is -0.0733. The molecule has 0 saturated carbocycles. The molecule has 0 bridgehead atoms. The van der Waals surface area contributed by atoms with Gasteiger partial charge in [-0.05, 0) is 36.8 Å². The largest absolute Gasteiger partial charge is 0.493 e. The van der Waals surface area contributed by atoms with Crippen molar-refractivity contribution in [2.24, 2.45) is 0 Å². The maximum Gasteiger partial charge on any atom is 0.230 e. The van der Waals surface area contributed by atoms with Crippen LogP contribution in [-0.4, -0.2) is 45.6 Å². The number of nitrogens with one attached hydrogen (secondary N) is 1. The zero-order valence-electron chi connectivity index (χ0n) is 19.1. The van der Waals surface area contributed by atoms with Crippen LogP contribution in [0.2, 0.25) is 0 Å². The number of carbonyl (C=O) groups is 1. The molecule has 0 atom stereocenters. The molecule has 34 heavy (non-hydrogen) atoms. The third kappa shape index (κ3) is 5.83. The Kier molecular flexibility index (Phi) is 8.30. The van der Waals surface area contributed by atoms with Crippen molar-refractivity contribution >= 4 is 51.0 Å². The van der Waals surface area contributed by atoms with Gasteiger partial charge in [0.2, 0.25) is 5.91 Å². The number of ether oxygens (including phenoxy) is 2. The second kappa shape index (κ2) is 11.6. The minimum absolute atomic E-state index is 0.0733. The highest BCUT2D eigenvalue weighted by molar-refractivity contribution is 8.00. The zero-order chi connectivity index (χ0) is 23.9. The number of nitrogens with zero attached hydrogens (tertiary/aromatic N) is 4. The molecule has 4 rings (SSSR count). The fraction of sp³-hybridized carbons (Fsp3) is 0.304. The van der Waals surface area contributed by atoms with Crippen molar-refractivity contribution in [1.82, 2.24) is 25.1 Å². The van der Waals surface area contributed by atoms with Gasteiger partial charge in [-0.25, -0.2) is 4.98 Å². The first kappa shape index (κ1) is 24.4. The Bertz CT molecular complexity index is 1240. The molecule has 0 aliphatic carbocycles. The summed E-state index contributed by atoms with van der Waals surface area (Å²) >= 11 is 4.72. The molecule has 4 aromatic rings. The molecule has 0 saturated heterocycles. The number of hydrogen-bond donors (Lipinski definition) is 1. The number of benzene rings is 2. The van der Waals surface area contributed by atoms with Gasteiger partial charge in [-0.2, -0.15) is 0 Å². The van der Waals surface area contributed by atoms with Crippen molar-refractivity contribution in [1.29, 1.82) is 0 Å². The van der Waals surface area contributed by atoms with Crippen molar-refractivity contribution in [2.75, 3.05) is 20.0 Å². The topological polar surface area (TPSA) is 91.2 Å². The molecule has 0 radical (unpaired) electrons. The maximum absolute atomic E-state index is 12.4. The lowest BCUT2D eigenvalue weighted by Gasteiger charge is -2.10. The van der Waals surface area contributed by atoms with Gasteiger partial charge in [0.25, 0.3) is 0 Å². The van der Waals surface area contributed by atoms with Crippen LogP contribution in [0.1, 0.15) is 18.3 Å². The Labute approximate surface area is 210 Å².